The minimum absolute atomic E-state index is 0.257. The van der Waals surface area contributed by atoms with E-state index in [0.29, 0.717) is 0 Å². The smallest absolute Gasteiger partial charge is 0.326 e. The molecule has 2 atom stereocenters. The Balaban J connectivity index is 4.31. The monoisotopic (exact) mass is 231 g/mol. The van der Waals surface area contributed by atoms with Crippen LogP contribution in [-0.4, -0.2) is 35.1 Å². The average Bonchev–Trinajstić information content (AvgIpc) is 2.12. The van der Waals surface area contributed by atoms with Crippen LogP contribution in [0.2, 0.25) is 0 Å². The molecule has 0 aliphatic carbocycles. The fourth-order valence-electron chi connectivity index (χ4n) is 0.964. The van der Waals surface area contributed by atoms with Crippen LogP contribution in [0.3, 0.4) is 0 Å². The molecule has 0 spiro atoms. The molecule has 0 fully saturated rings. The van der Waals surface area contributed by atoms with E-state index in [-0.39, 0.29) is 5.92 Å². The van der Waals surface area contributed by atoms with Crippen molar-refractivity contribution < 1.29 is 19.5 Å². The van der Waals surface area contributed by atoms with E-state index in [1.807, 2.05) is 0 Å². The fraction of sp³-hybridized carbons (Fsp3) is 0.667. The van der Waals surface area contributed by atoms with Gasteiger partial charge in [-0.15, -0.1) is 0 Å². The van der Waals surface area contributed by atoms with Crippen LogP contribution in [0.5, 0.6) is 0 Å². The molecule has 0 aliphatic rings. The number of carbonyl (C=O) groups excluding carboxylic acids is 2. The van der Waals surface area contributed by atoms with Gasteiger partial charge < -0.3 is 21.5 Å². The molecule has 0 bridgehead atoms. The van der Waals surface area contributed by atoms with Crippen molar-refractivity contribution >= 4 is 17.9 Å². The summed E-state index contributed by atoms with van der Waals surface area (Å²) in [5.41, 5.74) is 4.94. The van der Waals surface area contributed by atoms with E-state index in [0.717, 1.165) is 0 Å². The van der Waals surface area contributed by atoms with E-state index >= 15 is 0 Å². The molecule has 0 aromatic heterocycles. The Hall–Kier alpha value is -1.79. The third-order valence-electron chi connectivity index (χ3n) is 1.99. The Morgan fingerprint density at radius 3 is 1.94 bits per heavy atom. The van der Waals surface area contributed by atoms with E-state index < -0.39 is 30.0 Å². The molecule has 0 rings (SSSR count). The van der Waals surface area contributed by atoms with Crippen molar-refractivity contribution in [3.05, 3.63) is 0 Å². The number of primary amides is 1. The topological polar surface area (TPSA) is 122 Å². The number of carbonyl (C=O) groups is 3. The zero-order valence-electron chi connectivity index (χ0n) is 9.48. The molecule has 92 valence electrons. The third kappa shape index (κ3) is 4.63. The average molecular weight is 231 g/mol. The van der Waals surface area contributed by atoms with Gasteiger partial charge in [0.1, 0.15) is 12.1 Å². The second-order valence-corrected chi connectivity index (χ2v) is 3.80. The highest BCUT2D eigenvalue weighted by Gasteiger charge is 2.24. The van der Waals surface area contributed by atoms with Crippen LogP contribution in [0.4, 0.5) is 4.79 Å². The quantitative estimate of drug-likeness (QED) is 0.498. The first-order valence-corrected chi connectivity index (χ1v) is 4.84. The molecule has 0 heterocycles. The summed E-state index contributed by atoms with van der Waals surface area (Å²) < 4.78 is 0. The van der Waals surface area contributed by atoms with Crippen molar-refractivity contribution in [1.82, 2.24) is 10.6 Å². The second kappa shape index (κ2) is 5.94. The highest BCUT2D eigenvalue weighted by atomic mass is 16.4. The predicted octanol–water partition coefficient (Wildman–Crippen LogP) is -0.731. The van der Waals surface area contributed by atoms with Crippen molar-refractivity contribution in [2.24, 2.45) is 11.7 Å². The van der Waals surface area contributed by atoms with Crippen molar-refractivity contribution in [2.75, 3.05) is 0 Å². The van der Waals surface area contributed by atoms with Crippen LogP contribution in [0.1, 0.15) is 20.8 Å². The Kier molecular flexibility index (Phi) is 5.27. The number of carboxylic acids is 1. The molecule has 0 radical (unpaired) electrons. The van der Waals surface area contributed by atoms with E-state index in [4.69, 9.17) is 10.8 Å². The molecule has 0 saturated carbocycles. The number of nitrogens with two attached hydrogens (primary N) is 1. The highest BCUT2D eigenvalue weighted by Crippen LogP contribution is 2.01. The lowest BCUT2D eigenvalue weighted by Gasteiger charge is -2.19. The Morgan fingerprint density at radius 2 is 1.62 bits per heavy atom. The molecule has 16 heavy (non-hydrogen) atoms. The number of carboxylic acid groups (broad SMARTS) is 1. The molecule has 7 heteroatoms. The molecule has 0 aromatic carbocycles. The number of hydrogen-bond acceptors (Lipinski definition) is 3. The number of amides is 3. The highest BCUT2D eigenvalue weighted by molar-refractivity contribution is 5.87. The van der Waals surface area contributed by atoms with Crippen LogP contribution < -0.4 is 16.4 Å². The minimum Gasteiger partial charge on any atom is -0.480 e. The largest absolute Gasteiger partial charge is 0.480 e. The summed E-state index contributed by atoms with van der Waals surface area (Å²) in [6, 6.07) is -2.57. The first-order chi connectivity index (χ1) is 7.25. The van der Waals surface area contributed by atoms with Gasteiger partial charge in [-0.05, 0) is 12.8 Å². The fourth-order valence-corrected chi connectivity index (χ4v) is 0.964. The number of hydrogen-bond donors (Lipinski definition) is 4. The second-order valence-electron chi connectivity index (χ2n) is 3.80. The standard InChI is InChI=1S/C9H17N3O4/c1-4(2)6(8(14)15)12-9(16)11-5(3)7(10)13/h4-6H,1-3H3,(H2,10,13)(H,14,15)(H2,11,12,16). The third-order valence-corrected chi connectivity index (χ3v) is 1.99. The Morgan fingerprint density at radius 1 is 1.12 bits per heavy atom. The van der Waals surface area contributed by atoms with Crippen LogP contribution >= 0.6 is 0 Å². The molecular formula is C9H17N3O4. The van der Waals surface area contributed by atoms with Crippen LogP contribution in [0.25, 0.3) is 0 Å². The van der Waals surface area contributed by atoms with Gasteiger partial charge in [0.2, 0.25) is 5.91 Å². The van der Waals surface area contributed by atoms with Gasteiger partial charge in [-0.3, -0.25) is 4.79 Å². The molecule has 7 nitrogen and oxygen atoms in total. The predicted molar refractivity (Wildman–Crippen MR) is 56.6 cm³/mol. The molecule has 0 saturated heterocycles. The zero-order valence-corrected chi connectivity index (χ0v) is 9.48. The van der Waals surface area contributed by atoms with Crippen molar-refractivity contribution in [1.29, 1.82) is 0 Å². The lowest BCUT2D eigenvalue weighted by Crippen LogP contribution is -2.52. The normalized spacial score (nSPS) is 14.0. The number of nitrogens with one attached hydrogen (secondary N) is 2. The molecule has 3 amide bonds. The van der Waals surface area contributed by atoms with E-state index in [9.17, 15) is 14.4 Å². The van der Waals surface area contributed by atoms with Crippen molar-refractivity contribution in [2.45, 2.75) is 32.9 Å². The van der Waals surface area contributed by atoms with Crippen LogP contribution in [-0.2, 0) is 9.59 Å². The van der Waals surface area contributed by atoms with Gasteiger partial charge in [0, 0.05) is 0 Å². The van der Waals surface area contributed by atoms with E-state index in [1.54, 1.807) is 13.8 Å². The summed E-state index contributed by atoms with van der Waals surface area (Å²) in [6.45, 7) is 4.74. The summed E-state index contributed by atoms with van der Waals surface area (Å²) >= 11 is 0. The zero-order chi connectivity index (χ0) is 12.9. The lowest BCUT2D eigenvalue weighted by atomic mass is 10.1. The maximum Gasteiger partial charge on any atom is 0.326 e. The van der Waals surface area contributed by atoms with Crippen LogP contribution in [0.15, 0.2) is 0 Å². The maximum atomic E-state index is 11.3. The summed E-state index contributed by atoms with van der Waals surface area (Å²) in [5, 5.41) is 13.3. The van der Waals surface area contributed by atoms with E-state index in [1.165, 1.54) is 6.92 Å². The molecule has 0 aromatic rings. The summed E-state index contributed by atoms with van der Waals surface area (Å²) in [6.07, 6.45) is 0. The first kappa shape index (κ1) is 14.2. The van der Waals surface area contributed by atoms with Crippen LogP contribution in [0, 0.1) is 5.92 Å². The molecule has 0 aliphatic heterocycles. The van der Waals surface area contributed by atoms with Gasteiger partial charge in [-0.2, -0.15) is 0 Å². The lowest BCUT2D eigenvalue weighted by molar-refractivity contribution is -0.140. The summed E-state index contributed by atoms with van der Waals surface area (Å²) in [4.78, 5) is 32.7. The SMILES string of the molecule is CC(NC(=O)NC(C(=O)O)C(C)C)C(N)=O. The Labute approximate surface area is 93.4 Å². The van der Waals surface area contributed by atoms with Gasteiger partial charge in [0.15, 0.2) is 0 Å². The number of aliphatic carboxylic acids is 1. The van der Waals surface area contributed by atoms with Gasteiger partial charge in [-0.25, -0.2) is 9.59 Å². The van der Waals surface area contributed by atoms with E-state index in [2.05, 4.69) is 10.6 Å². The van der Waals surface area contributed by atoms with Gasteiger partial charge >= 0.3 is 12.0 Å². The summed E-state index contributed by atoms with van der Waals surface area (Å²) in [7, 11) is 0. The van der Waals surface area contributed by atoms with Crippen molar-refractivity contribution in [3.8, 4) is 0 Å². The van der Waals surface area contributed by atoms with Gasteiger partial charge in [-0.1, -0.05) is 13.8 Å². The molecule has 5 N–H and O–H groups in total. The molecular weight excluding hydrogens is 214 g/mol. The minimum atomic E-state index is -1.13. The molecule has 2 unspecified atom stereocenters. The summed E-state index contributed by atoms with van der Waals surface area (Å²) in [5.74, 6) is -2.07. The van der Waals surface area contributed by atoms with Gasteiger partial charge in [0.05, 0.1) is 0 Å². The van der Waals surface area contributed by atoms with Crippen molar-refractivity contribution in [3.63, 3.8) is 0 Å². The number of urea groups is 1. The first-order valence-electron chi connectivity index (χ1n) is 4.84. The number of rotatable bonds is 5. The maximum absolute atomic E-state index is 11.3. The Bertz CT molecular complexity index is 290. The van der Waals surface area contributed by atoms with Gasteiger partial charge in [0.25, 0.3) is 0 Å².